The number of carbonyl (C=O) groups excluding carboxylic acids is 3. The van der Waals surface area contributed by atoms with E-state index >= 15 is 0 Å². The number of nitrogens with zero attached hydrogens (tertiary/aromatic N) is 1. The van der Waals surface area contributed by atoms with Crippen molar-refractivity contribution in [2.24, 2.45) is 5.92 Å². The molecular formula is C23H25N3O5. The van der Waals surface area contributed by atoms with Crippen molar-refractivity contribution in [3.05, 3.63) is 60.2 Å². The van der Waals surface area contributed by atoms with Crippen molar-refractivity contribution in [2.75, 3.05) is 26.2 Å². The Bertz CT molecular complexity index is 949. The van der Waals surface area contributed by atoms with Gasteiger partial charge in [0.05, 0.1) is 5.92 Å². The Morgan fingerprint density at radius 1 is 0.935 bits per heavy atom. The lowest BCUT2D eigenvalue weighted by Gasteiger charge is -2.25. The second-order valence-corrected chi connectivity index (χ2v) is 7.61. The molecule has 3 amide bonds. The zero-order valence-corrected chi connectivity index (χ0v) is 17.1. The summed E-state index contributed by atoms with van der Waals surface area (Å²) in [5.41, 5.74) is 1.04. The molecule has 2 aromatic rings. The van der Waals surface area contributed by atoms with E-state index in [2.05, 4.69) is 10.6 Å². The molecule has 2 aliphatic rings. The van der Waals surface area contributed by atoms with Crippen LogP contribution >= 0.6 is 0 Å². The first-order valence-corrected chi connectivity index (χ1v) is 10.4. The topological polar surface area (TPSA) is 97.0 Å². The number of likely N-dealkylation sites (tertiary alicyclic amines) is 1. The molecule has 162 valence electrons. The van der Waals surface area contributed by atoms with Gasteiger partial charge >= 0.3 is 0 Å². The second-order valence-electron chi connectivity index (χ2n) is 7.61. The lowest BCUT2D eigenvalue weighted by molar-refractivity contribution is -0.130. The molecule has 0 saturated carbocycles. The Hall–Kier alpha value is -3.55. The number of nitrogens with one attached hydrogen (secondary N) is 2. The number of fused-ring (bicyclic) bond motifs is 1. The summed E-state index contributed by atoms with van der Waals surface area (Å²) in [5.74, 6) is 0.281. The Balaban J connectivity index is 1.17. The number of ether oxygens (including phenoxy) is 2. The summed E-state index contributed by atoms with van der Waals surface area (Å²) in [5, 5.41) is 5.54. The minimum absolute atomic E-state index is 0.0213. The predicted molar refractivity (Wildman–Crippen MR) is 112 cm³/mol. The highest BCUT2D eigenvalue weighted by Gasteiger charge is 2.34. The summed E-state index contributed by atoms with van der Waals surface area (Å²) >= 11 is 0. The maximum Gasteiger partial charge on any atom is 0.264 e. The fraction of sp³-hybridized carbons (Fsp3) is 0.348. The third-order valence-corrected chi connectivity index (χ3v) is 5.33. The number of benzene rings is 2. The summed E-state index contributed by atoms with van der Waals surface area (Å²) in [6.45, 7) is 1.58. The van der Waals surface area contributed by atoms with Crippen molar-refractivity contribution in [1.82, 2.24) is 15.5 Å². The number of rotatable bonds is 7. The summed E-state index contributed by atoms with van der Waals surface area (Å²) in [6.07, 6.45) is -0.526. The van der Waals surface area contributed by atoms with Crippen molar-refractivity contribution in [1.29, 1.82) is 0 Å². The molecule has 0 aromatic heterocycles. The molecule has 2 aliphatic heterocycles. The van der Waals surface area contributed by atoms with Gasteiger partial charge in [-0.15, -0.1) is 0 Å². The molecule has 4 rings (SSSR count). The zero-order chi connectivity index (χ0) is 21.6. The first-order chi connectivity index (χ1) is 15.1. The highest BCUT2D eigenvalue weighted by Crippen LogP contribution is 2.30. The number of carbonyl (C=O) groups is 3. The van der Waals surface area contributed by atoms with Gasteiger partial charge in [-0.2, -0.15) is 0 Å². The molecule has 0 unspecified atom stereocenters. The lowest BCUT2D eigenvalue weighted by Crippen LogP contribution is -2.46. The molecule has 8 heteroatoms. The summed E-state index contributed by atoms with van der Waals surface area (Å²) in [4.78, 5) is 38.7. The maximum absolute atomic E-state index is 12.4. The van der Waals surface area contributed by atoms with Gasteiger partial charge in [-0.05, 0) is 17.7 Å². The average Bonchev–Trinajstić information content (AvgIpc) is 3.17. The van der Waals surface area contributed by atoms with E-state index in [1.807, 2.05) is 42.5 Å². The van der Waals surface area contributed by atoms with Gasteiger partial charge in [-0.25, -0.2) is 0 Å². The van der Waals surface area contributed by atoms with Crippen molar-refractivity contribution < 1.29 is 23.9 Å². The first-order valence-electron chi connectivity index (χ1n) is 10.4. The molecule has 31 heavy (non-hydrogen) atoms. The van der Waals surface area contributed by atoms with Crippen LogP contribution in [0.1, 0.15) is 12.0 Å². The van der Waals surface area contributed by atoms with Gasteiger partial charge in [-0.3, -0.25) is 14.4 Å². The van der Waals surface area contributed by atoms with E-state index in [4.69, 9.17) is 9.47 Å². The third-order valence-electron chi connectivity index (χ3n) is 5.33. The molecule has 8 nitrogen and oxygen atoms in total. The maximum atomic E-state index is 12.4. The molecule has 2 heterocycles. The fourth-order valence-corrected chi connectivity index (χ4v) is 3.68. The van der Waals surface area contributed by atoms with Crippen LogP contribution in [0.3, 0.4) is 0 Å². The van der Waals surface area contributed by atoms with Gasteiger partial charge in [0.15, 0.2) is 11.5 Å². The molecule has 0 spiro atoms. The largest absolute Gasteiger partial charge is 0.485 e. The van der Waals surface area contributed by atoms with Crippen molar-refractivity contribution >= 4 is 17.7 Å². The SMILES string of the molecule is O=C(NCCNC(=O)[C@H]1COc2ccccc2O1)[C@@H]1CC(=O)N(Cc2ccccc2)C1. The van der Waals surface area contributed by atoms with E-state index in [-0.39, 0.29) is 49.8 Å². The molecule has 0 bridgehead atoms. The van der Waals surface area contributed by atoms with E-state index in [1.165, 1.54) is 0 Å². The van der Waals surface area contributed by atoms with E-state index < -0.39 is 6.10 Å². The Morgan fingerprint density at radius 3 is 2.39 bits per heavy atom. The molecular weight excluding hydrogens is 398 g/mol. The molecule has 2 atom stereocenters. The highest BCUT2D eigenvalue weighted by molar-refractivity contribution is 5.89. The molecule has 1 fully saturated rings. The van der Waals surface area contributed by atoms with Crippen molar-refractivity contribution in [3.63, 3.8) is 0 Å². The Labute approximate surface area is 180 Å². The van der Waals surface area contributed by atoms with Crippen molar-refractivity contribution in [2.45, 2.75) is 19.1 Å². The first kappa shape index (κ1) is 20.7. The molecule has 2 aromatic carbocycles. The van der Waals surface area contributed by atoms with Gasteiger partial charge in [0.1, 0.15) is 6.61 Å². The minimum Gasteiger partial charge on any atom is -0.485 e. The Kier molecular flexibility index (Phi) is 6.35. The highest BCUT2D eigenvalue weighted by atomic mass is 16.6. The number of hydrogen-bond donors (Lipinski definition) is 2. The lowest BCUT2D eigenvalue weighted by atomic mass is 10.1. The zero-order valence-electron chi connectivity index (χ0n) is 17.1. The number of para-hydroxylation sites is 2. The second kappa shape index (κ2) is 9.51. The van der Waals surface area contributed by atoms with Gasteiger partial charge in [0.2, 0.25) is 17.9 Å². The average molecular weight is 423 g/mol. The van der Waals surface area contributed by atoms with Gasteiger partial charge in [0.25, 0.3) is 5.91 Å². The van der Waals surface area contributed by atoms with E-state index in [0.29, 0.717) is 24.6 Å². The molecule has 1 saturated heterocycles. The standard InChI is InChI=1S/C23H25N3O5/c27-21-12-17(14-26(21)13-16-6-2-1-3-7-16)22(28)24-10-11-25-23(29)20-15-30-18-8-4-5-9-19(18)31-20/h1-9,17,20H,10-15H2,(H,24,28)(H,25,29)/t17-,20-/m1/s1. The Morgan fingerprint density at radius 2 is 1.61 bits per heavy atom. The predicted octanol–water partition coefficient (Wildman–Crippen LogP) is 1.11. The smallest absolute Gasteiger partial charge is 0.264 e. The van der Waals surface area contributed by atoms with Crippen LogP contribution in [0, 0.1) is 5.92 Å². The van der Waals surface area contributed by atoms with Crippen LogP contribution in [-0.2, 0) is 20.9 Å². The van der Waals surface area contributed by atoms with E-state index in [9.17, 15) is 14.4 Å². The van der Waals surface area contributed by atoms with Crippen LogP contribution in [0.4, 0.5) is 0 Å². The summed E-state index contributed by atoms with van der Waals surface area (Å²) < 4.78 is 11.2. The van der Waals surface area contributed by atoms with Gasteiger partial charge < -0.3 is 25.0 Å². The molecule has 0 radical (unpaired) electrons. The quantitative estimate of drug-likeness (QED) is 0.651. The summed E-state index contributed by atoms with van der Waals surface area (Å²) in [6, 6.07) is 16.9. The van der Waals surface area contributed by atoms with E-state index in [0.717, 1.165) is 5.56 Å². The van der Waals surface area contributed by atoms with Gasteiger partial charge in [-0.1, -0.05) is 42.5 Å². The van der Waals surface area contributed by atoms with Crippen LogP contribution in [-0.4, -0.2) is 55.0 Å². The van der Waals surface area contributed by atoms with Crippen LogP contribution in [0.25, 0.3) is 0 Å². The molecule has 0 aliphatic carbocycles. The minimum atomic E-state index is -0.732. The molecule has 2 N–H and O–H groups in total. The van der Waals surface area contributed by atoms with Crippen LogP contribution in [0.2, 0.25) is 0 Å². The van der Waals surface area contributed by atoms with Crippen LogP contribution < -0.4 is 20.1 Å². The monoisotopic (exact) mass is 423 g/mol. The van der Waals surface area contributed by atoms with Gasteiger partial charge in [0, 0.05) is 32.6 Å². The van der Waals surface area contributed by atoms with Crippen molar-refractivity contribution in [3.8, 4) is 11.5 Å². The third kappa shape index (κ3) is 5.14. The number of amides is 3. The van der Waals surface area contributed by atoms with Crippen LogP contribution in [0.5, 0.6) is 11.5 Å². The summed E-state index contributed by atoms with van der Waals surface area (Å²) in [7, 11) is 0. The normalized spacial score (nSPS) is 19.7. The number of hydrogen-bond acceptors (Lipinski definition) is 5. The van der Waals surface area contributed by atoms with E-state index in [1.54, 1.807) is 17.0 Å². The van der Waals surface area contributed by atoms with Crippen LogP contribution in [0.15, 0.2) is 54.6 Å². The fourth-order valence-electron chi connectivity index (χ4n) is 3.68.